The Bertz CT molecular complexity index is 99.7. The number of rotatable bonds is 2. The minimum absolute atomic E-state index is 0.362. The molecule has 0 aromatic carbocycles. The predicted molar refractivity (Wildman–Crippen MR) is 33.5 cm³/mol. The summed E-state index contributed by atoms with van der Waals surface area (Å²) >= 11 is 0. The molecule has 0 saturated heterocycles. The van der Waals surface area contributed by atoms with Crippen LogP contribution in [0.5, 0.6) is 0 Å². The van der Waals surface area contributed by atoms with E-state index in [1.807, 2.05) is 0 Å². The summed E-state index contributed by atoms with van der Waals surface area (Å²) in [5.41, 5.74) is 5.18. The highest BCUT2D eigenvalue weighted by Gasteiger charge is 2.38. The summed E-state index contributed by atoms with van der Waals surface area (Å²) in [5, 5.41) is 0. The summed E-state index contributed by atoms with van der Waals surface area (Å²) in [4.78, 5) is 0. The summed E-state index contributed by atoms with van der Waals surface area (Å²) in [6.07, 6.45) is -3.78. The molecule has 0 radical (unpaired) electrons. The largest absolute Gasteiger partial charge is 0.393 e. The third-order valence-corrected chi connectivity index (χ3v) is 1.63. The van der Waals surface area contributed by atoms with Gasteiger partial charge >= 0.3 is 6.18 Å². The Morgan fingerprint density at radius 1 is 1.40 bits per heavy atom. The fourth-order valence-electron chi connectivity index (χ4n) is 0.596. The first kappa shape index (κ1) is 9.75. The molecule has 10 heavy (non-hydrogen) atoms. The first-order chi connectivity index (χ1) is 4.39. The molecule has 0 aromatic heterocycles. The smallest absolute Gasteiger partial charge is 0.327 e. The van der Waals surface area contributed by atoms with Crippen molar-refractivity contribution in [2.45, 2.75) is 32.5 Å². The van der Waals surface area contributed by atoms with Gasteiger partial charge in [-0.15, -0.1) is 0 Å². The monoisotopic (exact) mass is 155 g/mol. The fraction of sp³-hybridized carbons (Fsp3) is 1.00. The molecule has 0 aliphatic rings. The van der Waals surface area contributed by atoms with Gasteiger partial charge in [0.05, 0.1) is 5.92 Å². The van der Waals surface area contributed by atoms with Crippen LogP contribution in [-0.2, 0) is 0 Å². The molecule has 2 atom stereocenters. The lowest BCUT2D eigenvalue weighted by Crippen LogP contribution is -2.37. The molecule has 0 bridgehead atoms. The van der Waals surface area contributed by atoms with Gasteiger partial charge in [-0.1, -0.05) is 13.8 Å². The van der Waals surface area contributed by atoms with E-state index in [1.54, 1.807) is 6.92 Å². The van der Waals surface area contributed by atoms with Crippen LogP contribution in [0, 0.1) is 5.92 Å². The van der Waals surface area contributed by atoms with E-state index in [4.69, 9.17) is 5.73 Å². The van der Waals surface area contributed by atoms with Crippen molar-refractivity contribution in [1.29, 1.82) is 0 Å². The third kappa shape index (κ3) is 2.56. The quantitative estimate of drug-likeness (QED) is 0.647. The number of halogens is 3. The van der Waals surface area contributed by atoms with E-state index in [9.17, 15) is 13.2 Å². The molecule has 0 fully saturated rings. The number of nitrogens with two attached hydrogens (primary N) is 1. The van der Waals surface area contributed by atoms with Crippen molar-refractivity contribution in [3.63, 3.8) is 0 Å². The zero-order chi connectivity index (χ0) is 8.36. The Morgan fingerprint density at radius 2 is 1.80 bits per heavy atom. The lowest BCUT2D eigenvalue weighted by atomic mass is 10.0. The van der Waals surface area contributed by atoms with Crippen LogP contribution in [0.3, 0.4) is 0 Å². The first-order valence-electron chi connectivity index (χ1n) is 3.21. The second-order valence-electron chi connectivity index (χ2n) is 2.40. The standard InChI is InChI=1S/C6H12F3N/c1-3-5(10)4(2)6(7,8)9/h4-5H,3,10H2,1-2H3. The minimum Gasteiger partial charge on any atom is -0.327 e. The van der Waals surface area contributed by atoms with Gasteiger partial charge in [0.25, 0.3) is 0 Å². The van der Waals surface area contributed by atoms with E-state index in [0.717, 1.165) is 6.92 Å². The summed E-state index contributed by atoms with van der Waals surface area (Å²) in [7, 11) is 0. The molecular formula is C6H12F3N. The highest BCUT2D eigenvalue weighted by Crippen LogP contribution is 2.28. The van der Waals surface area contributed by atoms with Gasteiger partial charge in [-0.2, -0.15) is 13.2 Å². The zero-order valence-electron chi connectivity index (χ0n) is 6.07. The lowest BCUT2D eigenvalue weighted by Gasteiger charge is -2.20. The summed E-state index contributed by atoms with van der Waals surface area (Å²) in [6.45, 7) is 2.75. The van der Waals surface area contributed by atoms with Crippen LogP contribution in [0.1, 0.15) is 20.3 Å². The average molecular weight is 155 g/mol. The topological polar surface area (TPSA) is 26.0 Å². The van der Waals surface area contributed by atoms with Crippen molar-refractivity contribution in [3.05, 3.63) is 0 Å². The van der Waals surface area contributed by atoms with Crippen LogP contribution in [0.4, 0.5) is 13.2 Å². The van der Waals surface area contributed by atoms with Crippen molar-refractivity contribution >= 4 is 0 Å². The Balaban J connectivity index is 3.94. The highest BCUT2D eigenvalue weighted by atomic mass is 19.4. The number of hydrogen-bond donors (Lipinski definition) is 1. The maximum Gasteiger partial charge on any atom is 0.393 e. The van der Waals surface area contributed by atoms with Crippen LogP contribution in [0.15, 0.2) is 0 Å². The van der Waals surface area contributed by atoms with Crippen LogP contribution in [0.2, 0.25) is 0 Å². The molecule has 2 unspecified atom stereocenters. The van der Waals surface area contributed by atoms with Crippen molar-refractivity contribution in [2.24, 2.45) is 11.7 Å². The Hall–Kier alpha value is -0.250. The maximum absolute atomic E-state index is 11.8. The van der Waals surface area contributed by atoms with Crippen LogP contribution < -0.4 is 5.73 Å². The van der Waals surface area contributed by atoms with E-state index in [2.05, 4.69) is 0 Å². The summed E-state index contributed by atoms with van der Waals surface area (Å²) in [6, 6.07) is -0.764. The highest BCUT2D eigenvalue weighted by molar-refractivity contribution is 4.73. The van der Waals surface area contributed by atoms with E-state index < -0.39 is 18.1 Å². The van der Waals surface area contributed by atoms with Gasteiger partial charge in [0.15, 0.2) is 0 Å². The second-order valence-corrected chi connectivity index (χ2v) is 2.40. The van der Waals surface area contributed by atoms with Crippen LogP contribution >= 0.6 is 0 Å². The molecule has 0 aliphatic carbocycles. The predicted octanol–water partition coefficient (Wildman–Crippen LogP) is 1.92. The van der Waals surface area contributed by atoms with Gasteiger partial charge in [-0.05, 0) is 6.42 Å². The van der Waals surface area contributed by atoms with Crippen molar-refractivity contribution < 1.29 is 13.2 Å². The molecule has 0 rings (SSSR count). The molecular weight excluding hydrogens is 143 g/mol. The summed E-state index contributed by atoms with van der Waals surface area (Å²) < 4.78 is 35.4. The Kier molecular flexibility index (Phi) is 3.15. The molecule has 0 spiro atoms. The van der Waals surface area contributed by atoms with E-state index >= 15 is 0 Å². The third-order valence-electron chi connectivity index (χ3n) is 1.63. The van der Waals surface area contributed by atoms with Gasteiger partial charge in [0.1, 0.15) is 0 Å². The minimum atomic E-state index is -4.14. The molecule has 0 aromatic rings. The lowest BCUT2D eigenvalue weighted by molar-refractivity contribution is -0.174. The zero-order valence-corrected chi connectivity index (χ0v) is 6.07. The number of hydrogen-bond acceptors (Lipinski definition) is 1. The second kappa shape index (κ2) is 3.23. The van der Waals surface area contributed by atoms with Gasteiger partial charge in [0.2, 0.25) is 0 Å². The molecule has 2 N–H and O–H groups in total. The normalized spacial score (nSPS) is 18.6. The van der Waals surface area contributed by atoms with Gasteiger partial charge < -0.3 is 5.73 Å². The molecule has 0 amide bonds. The van der Waals surface area contributed by atoms with E-state index in [1.165, 1.54) is 0 Å². The molecule has 0 aliphatic heterocycles. The Labute approximate surface area is 58.4 Å². The molecule has 0 saturated carbocycles. The van der Waals surface area contributed by atoms with E-state index in [0.29, 0.717) is 6.42 Å². The van der Waals surface area contributed by atoms with Gasteiger partial charge in [-0.25, -0.2) is 0 Å². The number of alkyl halides is 3. The van der Waals surface area contributed by atoms with E-state index in [-0.39, 0.29) is 0 Å². The van der Waals surface area contributed by atoms with Crippen molar-refractivity contribution in [3.8, 4) is 0 Å². The van der Waals surface area contributed by atoms with Gasteiger partial charge in [0, 0.05) is 6.04 Å². The molecule has 0 heterocycles. The fourth-order valence-corrected chi connectivity index (χ4v) is 0.596. The Morgan fingerprint density at radius 3 is 1.90 bits per heavy atom. The summed E-state index contributed by atoms with van der Waals surface area (Å²) in [5.74, 6) is -1.39. The molecule has 4 heteroatoms. The maximum atomic E-state index is 11.8. The molecule has 1 nitrogen and oxygen atoms in total. The SMILES string of the molecule is CCC(N)C(C)C(F)(F)F. The molecule has 62 valence electrons. The van der Waals surface area contributed by atoms with Crippen LogP contribution in [0.25, 0.3) is 0 Å². The first-order valence-corrected chi connectivity index (χ1v) is 3.21. The van der Waals surface area contributed by atoms with Crippen molar-refractivity contribution in [2.75, 3.05) is 0 Å². The average Bonchev–Trinajstić information content (AvgIpc) is 1.83. The van der Waals surface area contributed by atoms with Crippen LogP contribution in [-0.4, -0.2) is 12.2 Å². The van der Waals surface area contributed by atoms with Crippen molar-refractivity contribution in [1.82, 2.24) is 0 Å². The van der Waals surface area contributed by atoms with Gasteiger partial charge in [-0.3, -0.25) is 0 Å².